The maximum atomic E-state index is 10.4. The van der Waals surface area contributed by atoms with E-state index < -0.39 is 6.10 Å². The van der Waals surface area contributed by atoms with Crippen molar-refractivity contribution in [3.05, 3.63) is 96.1 Å². The van der Waals surface area contributed by atoms with Gasteiger partial charge in [0.1, 0.15) is 30.3 Å². The molecule has 0 radical (unpaired) electrons. The van der Waals surface area contributed by atoms with Gasteiger partial charge in [-0.3, -0.25) is 4.90 Å². The van der Waals surface area contributed by atoms with Gasteiger partial charge in [-0.25, -0.2) is 0 Å². The third kappa shape index (κ3) is 4.91. The van der Waals surface area contributed by atoms with E-state index in [4.69, 9.17) is 9.47 Å². The quantitative estimate of drug-likeness (QED) is 0.680. The molecule has 4 rings (SSSR count). The lowest BCUT2D eigenvalue weighted by molar-refractivity contribution is 0.0736. The van der Waals surface area contributed by atoms with Crippen molar-refractivity contribution in [1.82, 2.24) is 4.90 Å². The van der Waals surface area contributed by atoms with E-state index in [1.165, 1.54) is 5.56 Å². The molecule has 4 heteroatoms. The molecule has 144 valence electrons. The smallest absolute Gasteiger partial charge is 0.138 e. The van der Waals surface area contributed by atoms with Gasteiger partial charge in [0.05, 0.1) is 0 Å². The molecule has 0 bridgehead atoms. The first-order chi connectivity index (χ1) is 13.8. The molecule has 4 nitrogen and oxygen atoms in total. The van der Waals surface area contributed by atoms with E-state index in [2.05, 4.69) is 17.0 Å². The lowest BCUT2D eigenvalue weighted by atomic mass is 10.2. The highest BCUT2D eigenvalue weighted by molar-refractivity contribution is 5.32. The summed E-state index contributed by atoms with van der Waals surface area (Å²) in [6.45, 7) is 2.70. The maximum absolute atomic E-state index is 10.4. The van der Waals surface area contributed by atoms with Crippen molar-refractivity contribution >= 4 is 0 Å². The summed E-state index contributed by atoms with van der Waals surface area (Å²) in [6, 6.07) is 28.0. The Kier molecular flexibility index (Phi) is 5.90. The Labute approximate surface area is 166 Å². The Morgan fingerprint density at radius 1 is 0.750 bits per heavy atom. The van der Waals surface area contributed by atoms with Crippen molar-refractivity contribution in [2.24, 2.45) is 0 Å². The van der Waals surface area contributed by atoms with Crippen LogP contribution in [0.2, 0.25) is 0 Å². The summed E-state index contributed by atoms with van der Waals surface area (Å²) in [4.78, 5) is 2.22. The van der Waals surface area contributed by atoms with Crippen LogP contribution in [0, 0.1) is 0 Å². The summed E-state index contributed by atoms with van der Waals surface area (Å²) in [7, 11) is 0. The van der Waals surface area contributed by atoms with Gasteiger partial charge in [0.2, 0.25) is 0 Å². The van der Waals surface area contributed by atoms with Crippen LogP contribution < -0.4 is 9.47 Å². The number of rotatable bonds is 7. The van der Waals surface area contributed by atoms with Gasteiger partial charge >= 0.3 is 0 Å². The highest BCUT2D eigenvalue weighted by atomic mass is 16.5. The highest BCUT2D eigenvalue weighted by Crippen LogP contribution is 2.23. The summed E-state index contributed by atoms with van der Waals surface area (Å²) in [5.74, 6) is 1.55. The number of benzene rings is 3. The molecule has 1 aliphatic rings. The molecule has 3 aromatic carbocycles. The van der Waals surface area contributed by atoms with Crippen molar-refractivity contribution in [3.63, 3.8) is 0 Å². The third-order valence-electron chi connectivity index (χ3n) is 4.92. The molecule has 2 unspecified atom stereocenters. The lowest BCUT2D eigenvalue weighted by Gasteiger charge is -2.17. The van der Waals surface area contributed by atoms with Crippen LogP contribution >= 0.6 is 0 Å². The van der Waals surface area contributed by atoms with E-state index in [1.807, 2.05) is 72.8 Å². The summed E-state index contributed by atoms with van der Waals surface area (Å²) >= 11 is 0. The van der Waals surface area contributed by atoms with E-state index in [0.717, 1.165) is 23.6 Å². The number of nitrogens with zero attached hydrogens (tertiary/aromatic N) is 1. The molecule has 0 spiro atoms. The van der Waals surface area contributed by atoms with Gasteiger partial charge in [0.25, 0.3) is 0 Å². The van der Waals surface area contributed by atoms with Crippen LogP contribution in [0.4, 0.5) is 0 Å². The highest BCUT2D eigenvalue weighted by Gasteiger charge is 2.32. The van der Waals surface area contributed by atoms with Crippen LogP contribution in [0.1, 0.15) is 11.1 Å². The van der Waals surface area contributed by atoms with Gasteiger partial charge in [0.15, 0.2) is 0 Å². The fourth-order valence-electron chi connectivity index (χ4n) is 3.45. The van der Waals surface area contributed by atoms with Gasteiger partial charge in [0, 0.05) is 19.6 Å². The largest absolute Gasteiger partial charge is 0.489 e. The second-order valence-corrected chi connectivity index (χ2v) is 7.15. The number of β-amino-alcohol motifs (C(OH)–C–C–N with tert-alkyl or cyclic N) is 1. The van der Waals surface area contributed by atoms with Crippen LogP contribution in [-0.2, 0) is 13.2 Å². The monoisotopic (exact) mass is 375 g/mol. The fraction of sp³-hybridized carbons (Fsp3) is 0.250. The van der Waals surface area contributed by atoms with E-state index >= 15 is 0 Å². The Hall–Kier alpha value is -2.82. The van der Waals surface area contributed by atoms with E-state index in [1.54, 1.807) is 0 Å². The lowest BCUT2D eigenvalue weighted by Crippen LogP contribution is -2.29. The molecule has 0 amide bonds. The topological polar surface area (TPSA) is 41.9 Å². The SMILES string of the molecule is OC1CN(Cc2ccccc2)CC1Oc1ccc(OCc2ccccc2)cc1. The van der Waals surface area contributed by atoms with Gasteiger partial charge < -0.3 is 14.6 Å². The van der Waals surface area contributed by atoms with Crippen molar-refractivity contribution in [2.45, 2.75) is 25.4 Å². The fourth-order valence-corrected chi connectivity index (χ4v) is 3.45. The summed E-state index contributed by atoms with van der Waals surface area (Å²) in [6.07, 6.45) is -0.711. The zero-order valence-corrected chi connectivity index (χ0v) is 15.8. The Morgan fingerprint density at radius 3 is 2.04 bits per heavy atom. The molecule has 28 heavy (non-hydrogen) atoms. The standard InChI is InChI=1S/C24H25NO3/c26-23-16-25(15-19-7-3-1-4-8-19)17-24(23)28-22-13-11-21(12-14-22)27-18-20-9-5-2-6-10-20/h1-14,23-24,26H,15-18H2. The van der Waals surface area contributed by atoms with Crippen LogP contribution in [0.5, 0.6) is 11.5 Å². The zero-order chi connectivity index (χ0) is 19.2. The van der Waals surface area contributed by atoms with Gasteiger partial charge in [-0.15, -0.1) is 0 Å². The zero-order valence-electron chi connectivity index (χ0n) is 15.8. The third-order valence-corrected chi connectivity index (χ3v) is 4.92. The molecule has 1 fully saturated rings. The molecular formula is C24H25NO3. The molecular weight excluding hydrogens is 350 g/mol. The van der Waals surface area contributed by atoms with Gasteiger partial charge in [-0.05, 0) is 35.4 Å². The number of ether oxygens (including phenoxy) is 2. The first kappa shape index (κ1) is 18.5. The van der Waals surface area contributed by atoms with E-state index in [9.17, 15) is 5.11 Å². The number of aliphatic hydroxyl groups is 1. The van der Waals surface area contributed by atoms with Crippen LogP contribution in [0.25, 0.3) is 0 Å². The molecule has 0 aromatic heterocycles. The molecule has 1 N–H and O–H groups in total. The van der Waals surface area contributed by atoms with E-state index in [0.29, 0.717) is 19.7 Å². The minimum absolute atomic E-state index is 0.222. The first-order valence-corrected chi connectivity index (χ1v) is 9.64. The number of hydrogen-bond acceptors (Lipinski definition) is 4. The van der Waals surface area contributed by atoms with Crippen LogP contribution in [0.3, 0.4) is 0 Å². The maximum Gasteiger partial charge on any atom is 0.138 e. The Morgan fingerprint density at radius 2 is 1.36 bits per heavy atom. The Bertz CT molecular complexity index is 852. The molecule has 2 atom stereocenters. The minimum Gasteiger partial charge on any atom is -0.489 e. The van der Waals surface area contributed by atoms with Crippen molar-refractivity contribution in [1.29, 1.82) is 0 Å². The summed E-state index contributed by atoms with van der Waals surface area (Å²) in [5.41, 5.74) is 2.38. The molecule has 0 aliphatic carbocycles. The average molecular weight is 375 g/mol. The molecule has 1 aliphatic heterocycles. The number of hydrogen-bond donors (Lipinski definition) is 1. The summed E-state index contributed by atoms with van der Waals surface area (Å²) < 4.78 is 11.8. The molecule has 1 heterocycles. The van der Waals surface area contributed by atoms with Crippen molar-refractivity contribution < 1.29 is 14.6 Å². The van der Waals surface area contributed by atoms with Crippen molar-refractivity contribution in [3.8, 4) is 11.5 Å². The summed E-state index contributed by atoms with van der Waals surface area (Å²) in [5, 5.41) is 10.4. The molecule has 3 aromatic rings. The van der Waals surface area contributed by atoms with Crippen LogP contribution in [-0.4, -0.2) is 35.3 Å². The average Bonchev–Trinajstić information content (AvgIpc) is 3.07. The van der Waals surface area contributed by atoms with Crippen LogP contribution in [0.15, 0.2) is 84.9 Å². The minimum atomic E-state index is -0.488. The van der Waals surface area contributed by atoms with E-state index in [-0.39, 0.29) is 6.10 Å². The Balaban J connectivity index is 1.29. The van der Waals surface area contributed by atoms with Gasteiger partial charge in [-0.1, -0.05) is 60.7 Å². The number of aliphatic hydroxyl groups excluding tert-OH is 1. The first-order valence-electron chi connectivity index (χ1n) is 9.64. The number of likely N-dealkylation sites (tertiary alicyclic amines) is 1. The molecule has 0 saturated carbocycles. The second kappa shape index (κ2) is 8.91. The predicted octanol–water partition coefficient (Wildman–Crippen LogP) is 3.89. The van der Waals surface area contributed by atoms with Gasteiger partial charge in [-0.2, -0.15) is 0 Å². The van der Waals surface area contributed by atoms with Crippen molar-refractivity contribution in [2.75, 3.05) is 13.1 Å². The normalized spacial score (nSPS) is 19.5. The second-order valence-electron chi connectivity index (χ2n) is 7.15. The predicted molar refractivity (Wildman–Crippen MR) is 109 cm³/mol. The molecule has 1 saturated heterocycles.